The summed E-state index contributed by atoms with van der Waals surface area (Å²) in [6.45, 7) is 0. The maximum absolute atomic E-state index is 8.99. The maximum Gasteiger partial charge on any atom is 0.0991 e. The van der Waals surface area contributed by atoms with Crippen LogP contribution >= 0.6 is 0 Å². The second-order valence-electron chi connectivity index (χ2n) is 9.03. The Morgan fingerprint density at radius 1 is 0.967 bits per heavy atom. The van der Waals surface area contributed by atoms with Crippen molar-refractivity contribution < 1.29 is 4.74 Å². The highest BCUT2D eigenvalue weighted by Crippen LogP contribution is 2.46. The monoisotopic (exact) mass is 402 g/mol. The standard InChI is InChI=1S/C27H34N2O/c1-30-27(17-5-3-2-4-6-20-28)18-15-26(16-19-27)25-13-11-24(12-14-25)23-9-7-22(21-29)8-10-23/h2-4,6-10,24-26H,5,11-19H2,1H3. The Balaban J connectivity index is 1.44. The lowest BCUT2D eigenvalue weighted by atomic mass is 9.66. The van der Waals surface area contributed by atoms with E-state index in [0.717, 1.165) is 30.2 Å². The number of methoxy groups -OCH3 is 1. The predicted molar refractivity (Wildman–Crippen MR) is 121 cm³/mol. The van der Waals surface area contributed by atoms with Crippen molar-refractivity contribution in [2.24, 2.45) is 11.8 Å². The minimum atomic E-state index is 0.0411. The van der Waals surface area contributed by atoms with Crippen LogP contribution < -0.4 is 0 Å². The summed E-state index contributed by atoms with van der Waals surface area (Å²) in [5.41, 5.74) is 2.21. The molecule has 0 heterocycles. The lowest BCUT2D eigenvalue weighted by Gasteiger charge is -2.43. The third-order valence-electron chi connectivity index (χ3n) is 7.51. The van der Waals surface area contributed by atoms with Gasteiger partial charge in [-0.15, -0.1) is 0 Å². The van der Waals surface area contributed by atoms with Gasteiger partial charge in [0.1, 0.15) is 0 Å². The number of nitrogens with zero attached hydrogens (tertiary/aromatic N) is 2. The lowest BCUT2D eigenvalue weighted by molar-refractivity contribution is -0.0614. The molecule has 158 valence electrons. The number of allylic oxidation sites excluding steroid dienone is 4. The van der Waals surface area contributed by atoms with Gasteiger partial charge in [0.05, 0.1) is 23.3 Å². The van der Waals surface area contributed by atoms with Gasteiger partial charge in [-0.25, -0.2) is 0 Å². The van der Waals surface area contributed by atoms with Crippen LogP contribution in [0, 0.1) is 34.5 Å². The van der Waals surface area contributed by atoms with Crippen LogP contribution in [0.15, 0.2) is 48.6 Å². The van der Waals surface area contributed by atoms with E-state index in [-0.39, 0.29) is 5.60 Å². The van der Waals surface area contributed by atoms with Gasteiger partial charge in [0.25, 0.3) is 0 Å². The fourth-order valence-electron chi connectivity index (χ4n) is 5.57. The van der Waals surface area contributed by atoms with Crippen LogP contribution in [-0.2, 0) is 4.74 Å². The Kier molecular flexibility index (Phi) is 8.30. The maximum atomic E-state index is 8.99. The number of rotatable bonds is 7. The molecule has 0 radical (unpaired) electrons. The molecule has 0 bridgehead atoms. The van der Waals surface area contributed by atoms with Crippen molar-refractivity contribution >= 4 is 0 Å². The number of benzene rings is 1. The molecule has 30 heavy (non-hydrogen) atoms. The van der Waals surface area contributed by atoms with E-state index in [0.29, 0.717) is 5.92 Å². The molecule has 1 aromatic carbocycles. The summed E-state index contributed by atoms with van der Waals surface area (Å²) < 4.78 is 6.01. The highest BCUT2D eigenvalue weighted by atomic mass is 16.5. The van der Waals surface area contributed by atoms with E-state index in [4.69, 9.17) is 15.3 Å². The van der Waals surface area contributed by atoms with E-state index in [1.807, 2.05) is 31.4 Å². The summed E-state index contributed by atoms with van der Waals surface area (Å²) in [5, 5.41) is 17.5. The predicted octanol–water partition coefficient (Wildman–Crippen LogP) is 6.82. The molecule has 2 aliphatic carbocycles. The van der Waals surface area contributed by atoms with Crippen molar-refractivity contribution in [2.75, 3.05) is 7.11 Å². The van der Waals surface area contributed by atoms with Crippen molar-refractivity contribution in [2.45, 2.75) is 75.7 Å². The number of ether oxygens (including phenoxy) is 1. The van der Waals surface area contributed by atoms with Crippen LogP contribution in [0.3, 0.4) is 0 Å². The number of nitriles is 2. The molecule has 0 N–H and O–H groups in total. The molecular formula is C27H34N2O. The molecule has 3 rings (SSSR count). The molecular weight excluding hydrogens is 368 g/mol. The summed E-state index contributed by atoms with van der Waals surface area (Å²) in [6.07, 6.45) is 19.6. The first-order valence-corrected chi connectivity index (χ1v) is 11.5. The van der Waals surface area contributed by atoms with E-state index in [1.165, 1.54) is 63.0 Å². The third kappa shape index (κ3) is 5.84. The normalized spacial score (nSPS) is 29.6. The van der Waals surface area contributed by atoms with Gasteiger partial charge < -0.3 is 4.74 Å². The second kappa shape index (κ2) is 11.1. The quantitative estimate of drug-likeness (QED) is 0.371. The van der Waals surface area contributed by atoms with E-state index in [9.17, 15) is 0 Å². The zero-order chi connectivity index (χ0) is 21.2. The smallest absolute Gasteiger partial charge is 0.0991 e. The number of hydrogen-bond donors (Lipinski definition) is 0. The molecule has 0 saturated heterocycles. The van der Waals surface area contributed by atoms with Crippen LogP contribution in [0.2, 0.25) is 0 Å². The molecule has 0 unspecified atom stereocenters. The van der Waals surface area contributed by atoms with Gasteiger partial charge in [-0.1, -0.05) is 30.4 Å². The van der Waals surface area contributed by atoms with Crippen LogP contribution in [0.25, 0.3) is 0 Å². The summed E-state index contributed by atoms with van der Waals surface area (Å²) in [6, 6.07) is 12.5. The van der Waals surface area contributed by atoms with Crippen LogP contribution in [0.5, 0.6) is 0 Å². The van der Waals surface area contributed by atoms with E-state index >= 15 is 0 Å². The van der Waals surface area contributed by atoms with Gasteiger partial charge in [0, 0.05) is 13.2 Å². The SMILES string of the molecule is COC1(CCC=CC=CC#N)CCC(C2CCC(c3ccc(C#N)cc3)CC2)CC1. The molecule has 2 saturated carbocycles. The molecule has 2 aliphatic rings. The summed E-state index contributed by atoms with van der Waals surface area (Å²) >= 11 is 0. The average molecular weight is 403 g/mol. The first-order chi connectivity index (χ1) is 14.7. The first-order valence-electron chi connectivity index (χ1n) is 11.5. The fraction of sp³-hybridized carbons (Fsp3) is 0.556. The summed E-state index contributed by atoms with van der Waals surface area (Å²) in [4.78, 5) is 0. The summed E-state index contributed by atoms with van der Waals surface area (Å²) in [7, 11) is 1.88. The third-order valence-corrected chi connectivity index (χ3v) is 7.51. The first kappa shape index (κ1) is 22.3. The molecule has 0 aromatic heterocycles. The van der Waals surface area contributed by atoms with Crippen molar-refractivity contribution in [3.05, 3.63) is 59.7 Å². The highest BCUT2D eigenvalue weighted by molar-refractivity contribution is 5.33. The molecule has 0 atom stereocenters. The topological polar surface area (TPSA) is 56.8 Å². The molecule has 3 heteroatoms. The summed E-state index contributed by atoms with van der Waals surface area (Å²) in [5.74, 6) is 2.38. The minimum absolute atomic E-state index is 0.0411. The highest BCUT2D eigenvalue weighted by Gasteiger charge is 2.38. The van der Waals surface area contributed by atoms with Crippen molar-refractivity contribution in [1.82, 2.24) is 0 Å². The van der Waals surface area contributed by atoms with Gasteiger partial charge in [-0.05, 0) is 99.7 Å². The van der Waals surface area contributed by atoms with Crippen LogP contribution in [-0.4, -0.2) is 12.7 Å². The largest absolute Gasteiger partial charge is 0.378 e. The minimum Gasteiger partial charge on any atom is -0.378 e. The Morgan fingerprint density at radius 3 is 2.23 bits per heavy atom. The van der Waals surface area contributed by atoms with Crippen LogP contribution in [0.4, 0.5) is 0 Å². The Bertz CT molecular complexity index is 793. The fourth-order valence-corrected chi connectivity index (χ4v) is 5.57. The van der Waals surface area contributed by atoms with Gasteiger partial charge in [0.2, 0.25) is 0 Å². The molecule has 0 spiro atoms. The molecule has 1 aromatic rings. The Labute approximate surface area is 182 Å². The molecule has 0 aliphatic heterocycles. The molecule has 3 nitrogen and oxygen atoms in total. The molecule has 2 fully saturated rings. The zero-order valence-corrected chi connectivity index (χ0v) is 18.2. The molecule has 0 amide bonds. The van der Waals surface area contributed by atoms with Gasteiger partial charge in [-0.3, -0.25) is 0 Å². The van der Waals surface area contributed by atoms with Gasteiger partial charge in [-0.2, -0.15) is 10.5 Å². The van der Waals surface area contributed by atoms with Crippen molar-refractivity contribution in [1.29, 1.82) is 10.5 Å². The van der Waals surface area contributed by atoms with E-state index in [1.54, 1.807) is 6.08 Å². The zero-order valence-electron chi connectivity index (χ0n) is 18.2. The average Bonchev–Trinajstić information content (AvgIpc) is 2.82. The van der Waals surface area contributed by atoms with Gasteiger partial charge >= 0.3 is 0 Å². The number of hydrogen-bond acceptors (Lipinski definition) is 3. The van der Waals surface area contributed by atoms with Gasteiger partial charge in [0.15, 0.2) is 0 Å². The lowest BCUT2D eigenvalue weighted by Crippen LogP contribution is -2.38. The van der Waals surface area contributed by atoms with Crippen molar-refractivity contribution in [3.8, 4) is 12.1 Å². The van der Waals surface area contributed by atoms with E-state index in [2.05, 4.69) is 24.3 Å². The van der Waals surface area contributed by atoms with E-state index < -0.39 is 0 Å². The second-order valence-corrected chi connectivity index (χ2v) is 9.03. The Hall–Kier alpha value is -2.36. The van der Waals surface area contributed by atoms with Crippen molar-refractivity contribution in [3.63, 3.8) is 0 Å². The van der Waals surface area contributed by atoms with Crippen LogP contribution in [0.1, 0.15) is 81.3 Å². The Morgan fingerprint density at radius 2 is 1.63 bits per heavy atom.